The second-order valence-corrected chi connectivity index (χ2v) is 0.831. The molecule has 0 fully saturated rings. The Morgan fingerprint density at radius 1 is 2.00 bits per heavy atom. The number of nitrogens with one attached hydrogen (secondary N) is 1. The summed E-state index contributed by atoms with van der Waals surface area (Å²) in [6.07, 6.45) is 1.02. The molecule has 0 bridgehead atoms. The standard InChI is InChI=1S/C3H6N2O2/c1-2-3(6)4-5-7/h2H,1,5H2,(H,4,6). The van der Waals surface area contributed by atoms with Crippen LogP contribution >= 0.6 is 0 Å². The first kappa shape index (κ1) is 6.13. The van der Waals surface area contributed by atoms with Gasteiger partial charge >= 0.3 is 0 Å². The molecule has 0 rings (SSSR count). The van der Waals surface area contributed by atoms with Crippen LogP contribution in [0.3, 0.4) is 0 Å². The van der Waals surface area contributed by atoms with Gasteiger partial charge in [-0.15, -0.1) is 0 Å². The minimum absolute atomic E-state index is 0.310. The van der Waals surface area contributed by atoms with Crippen LogP contribution in [0.5, 0.6) is 0 Å². The minimum atomic E-state index is -0.477. The van der Waals surface area contributed by atoms with E-state index in [9.17, 15) is 10.0 Å². The summed E-state index contributed by atoms with van der Waals surface area (Å²) in [7, 11) is 0. The molecule has 1 amide bonds. The van der Waals surface area contributed by atoms with E-state index in [2.05, 4.69) is 6.58 Å². The van der Waals surface area contributed by atoms with Crippen LogP contribution in [-0.4, -0.2) is 5.91 Å². The van der Waals surface area contributed by atoms with Crippen LogP contribution in [0.2, 0.25) is 0 Å². The van der Waals surface area contributed by atoms with E-state index in [-0.39, 0.29) is 0 Å². The molecule has 0 aromatic rings. The first-order valence-electron chi connectivity index (χ1n) is 1.68. The van der Waals surface area contributed by atoms with Crippen molar-refractivity contribution in [2.75, 3.05) is 0 Å². The molecule has 3 N–H and O–H groups in total. The van der Waals surface area contributed by atoms with Crippen molar-refractivity contribution in [3.63, 3.8) is 0 Å². The summed E-state index contributed by atoms with van der Waals surface area (Å²) in [5, 5.41) is 9.39. The molecule has 0 aromatic carbocycles. The van der Waals surface area contributed by atoms with Crippen molar-refractivity contribution in [1.82, 2.24) is 5.43 Å². The molecule has 0 saturated heterocycles. The molecule has 0 aliphatic rings. The Labute approximate surface area is 40.8 Å². The lowest BCUT2D eigenvalue weighted by Gasteiger charge is -1.97. The minimum Gasteiger partial charge on any atom is -0.609 e. The van der Waals surface area contributed by atoms with Gasteiger partial charge in [-0.05, 0) is 0 Å². The summed E-state index contributed by atoms with van der Waals surface area (Å²) in [5.74, 6) is -0.477. The highest BCUT2D eigenvalue weighted by Crippen LogP contribution is 1.54. The highest BCUT2D eigenvalue weighted by Gasteiger charge is 1.84. The molecule has 0 heterocycles. The molecule has 0 aliphatic carbocycles. The van der Waals surface area contributed by atoms with E-state index >= 15 is 0 Å². The molecule has 4 nitrogen and oxygen atoms in total. The largest absolute Gasteiger partial charge is 0.609 e. The quantitative estimate of drug-likeness (QED) is 0.188. The van der Waals surface area contributed by atoms with E-state index in [1.165, 1.54) is 0 Å². The third-order valence-electron chi connectivity index (χ3n) is 0.387. The Bertz CT molecular complexity index is 81.0. The highest BCUT2D eigenvalue weighted by molar-refractivity contribution is 5.85. The van der Waals surface area contributed by atoms with Crippen molar-refractivity contribution in [2.24, 2.45) is 0 Å². The Morgan fingerprint density at radius 3 is 2.71 bits per heavy atom. The van der Waals surface area contributed by atoms with Gasteiger partial charge in [-0.25, -0.2) is 5.43 Å². The zero-order valence-corrected chi connectivity index (χ0v) is 3.68. The van der Waals surface area contributed by atoms with Crippen molar-refractivity contribution in [2.45, 2.75) is 0 Å². The number of quaternary nitrogens is 1. The summed E-state index contributed by atoms with van der Waals surface area (Å²) >= 11 is 0. The van der Waals surface area contributed by atoms with Gasteiger partial charge in [-0.1, -0.05) is 6.58 Å². The number of amides is 1. The average Bonchev–Trinajstić information content (AvgIpc) is 1.68. The van der Waals surface area contributed by atoms with Gasteiger partial charge in [-0.2, -0.15) is 0 Å². The van der Waals surface area contributed by atoms with Gasteiger partial charge in [-0.3, -0.25) is 10.4 Å². The fourth-order valence-corrected chi connectivity index (χ4v) is 0.117. The van der Waals surface area contributed by atoms with Crippen LogP contribution in [-0.2, 0) is 4.79 Å². The van der Waals surface area contributed by atoms with E-state index in [0.717, 1.165) is 6.08 Å². The number of carbonyl (C=O) groups is 1. The van der Waals surface area contributed by atoms with E-state index in [0.29, 0.717) is 5.59 Å². The zero-order valence-electron chi connectivity index (χ0n) is 3.68. The predicted molar refractivity (Wildman–Crippen MR) is 23.6 cm³/mol. The maximum Gasteiger partial charge on any atom is 0.288 e. The van der Waals surface area contributed by atoms with Crippen LogP contribution in [0.15, 0.2) is 12.7 Å². The molecule has 0 atom stereocenters. The lowest BCUT2D eigenvalue weighted by molar-refractivity contribution is -0.635. The van der Waals surface area contributed by atoms with Gasteiger partial charge < -0.3 is 5.21 Å². The molecular weight excluding hydrogens is 96.0 g/mol. The molecule has 0 aromatic heterocycles. The van der Waals surface area contributed by atoms with Gasteiger partial charge in [0.1, 0.15) is 0 Å². The maximum atomic E-state index is 9.95. The van der Waals surface area contributed by atoms with Crippen molar-refractivity contribution >= 4 is 5.91 Å². The third-order valence-corrected chi connectivity index (χ3v) is 0.387. The molecule has 4 heteroatoms. The fraction of sp³-hybridized carbons (Fsp3) is 0. The normalized spacial score (nSPS) is 7.57. The smallest absolute Gasteiger partial charge is 0.288 e. The summed E-state index contributed by atoms with van der Waals surface area (Å²) in [4.78, 5) is 9.95. The van der Waals surface area contributed by atoms with Crippen molar-refractivity contribution < 1.29 is 10.4 Å². The summed E-state index contributed by atoms with van der Waals surface area (Å²) in [5.41, 5.74) is 2.17. The van der Waals surface area contributed by atoms with Crippen LogP contribution in [0.4, 0.5) is 0 Å². The molecule has 7 heavy (non-hydrogen) atoms. The first-order valence-corrected chi connectivity index (χ1v) is 1.68. The van der Waals surface area contributed by atoms with E-state index in [4.69, 9.17) is 0 Å². The number of nitrogens with two attached hydrogens (primary N) is 1. The summed E-state index contributed by atoms with van der Waals surface area (Å²) < 4.78 is 0. The lowest BCUT2D eigenvalue weighted by Crippen LogP contribution is -2.88. The van der Waals surface area contributed by atoms with Gasteiger partial charge in [0.25, 0.3) is 5.91 Å². The average molecular weight is 102 g/mol. The van der Waals surface area contributed by atoms with Crippen molar-refractivity contribution in [3.05, 3.63) is 17.9 Å². The van der Waals surface area contributed by atoms with Crippen molar-refractivity contribution in [3.8, 4) is 0 Å². The molecule has 0 radical (unpaired) electrons. The first-order chi connectivity index (χ1) is 3.31. The number of rotatable bonds is 2. The Balaban J connectivity index is 3.17. The maximum absolute atomic E-state index is 9.95. The van der Waals surface area contributed by atoms with Crippen LogP contribution in [0.25, 0.3) is 0 Å². The van der Waals surface area contributed by atoms with E-state index < -0.39 is 5.91 Å². The van der Waals surface area contributed by atoms with Crippen molar-refractivity contribution in [1.29, 1.82) is 0 Å². The lowest BCUT2D eigenvalue weighted by atomic mass is 10.6. The Kier molecular flexibility index (Phi) is 2.91. The molecule has 0 saturated carbocycles. The predicted octanol–water partition coefficient (Wildman–Crippen LogP) is -1.74. The van der Waals surface area contributed by atoms with Crippen LogP contribution in [0, 0.1) is 5.21 Å². The molecule has 40 valence electrons. The molecule has 0 aliphatic heterocycles. The van der Waals surface area contributed by atoms with Gasteiger partial charge in [0.15, 0.2) is 0 Å². The third kappa shape index (κ3) is 2.95. The topological polar surface area (TPSA) is 68.8 Å². The van der Waals surface area contributed by atoms with Crippen LogP contribution < -0.4 is 11.0 Å². The molecule has 0 unspecified atom stereocenters. The fourth-order valence-electron chi connectivity index (χ4n) is 0.117. The second-order valence-electron chi connectivity index (χ2n) is 0.831. The Hall–Kier alpha value is -0.870. The number of hydrogen-bond acceptors (Lipinski definition) is 2. The van der Waals surface area contributed by atoms with Gasteiger partial charge in [0.05, 0.1) is 0 Å². The van der Waals surface area contributed by atoms with E-state index in [1.54, 1.807) is 0 Å². The molecular formula is C3H6N2O2. The number of hydrogen-bond donors (Lipinski definition) is 2. The highest BCUT2D eigenvalue weighted by atomic mass is 16.5. The SMILES string of the molecule is C=CC(=O)N[NH2+][O-]. The zero-order chi connectivity index (χ0) is 5.70. The summed E-state index contributed by atoms with van der Waals surface area (Å²) in [6.45, 7) is 3.11. The van der Waals surface area contributed by atoms with Gasteiger partial charge in [0.2, 0.25) is 0 Å². The van der Waals surface area contributed by atoms with Crippen LogP contribution in [0.1, 0.15) is 0 Å². The monoisotopic (exact) mass is 102 g/mol. The second kappa shape index (κ2) is 3.32. The molecule has 0 spiro atoms. The number of carbonyl (C=O) groups excluding carboxylic acids is 1. The summed E-state index contributed by atoms with van der Waals surface area (Å²) in [6, 6.07) is 0. The van der Waals surface area contributed by atoms with Gasteiger partial charge in [0, 0.05) is 6.08 Å². The van der Waals surface area contributed by atoms with E-state index in [1.807, 2.05) is 5.43 Å². The Morgan fingerprint density at radius 2 is 2.57 bits per heavy atom.